The number of nitrogens with two attached hydrogens (primary N) is 3. The summed E-state index contributed by atoms with van der Waals surface area (Å²) in [7, 11) is -7.86. The lowest BCUT2D eigenvalue weighted by atomic mass is 10.1. The molecule has 3 aliphatic heterocycles. The normalized spacial score (nSPS) is 26.4. The van der Waals surface area contributed by atoms with Gasteiger partial charge in [-0.05, 0) is 30.2 Å². The number of alkyl carbamates (subject to hydrolysis) is 1. The summed E-state index contributed by atoms with van der Waals surface area (Å²) in [6.45, 7) is 3.98. The number of anilines is 3. The molecule has 3 saturated heterocycles. The Kier molecular flexibility index (Phi) is 16.6. The monoisotopic (exact) mass is 1050 g/mol. The fourth-order valence-corrected chi connectivity index (χ4v) is 11.9. The lowest BCUT2D eigenvalue weighted by molar-refractivity contribution is -0.170. The first-order chi connectivity index (χ1) is 32.6. The van der Waals surface area contributed by atoms with Crippen molar-refractivity contribution >= 4 is 77.6 Å². The highest BCUT2D eigenvalue weighted by molar-refractivity contribution is 8.77. The Bertz CT molecular complexity index is 2600. The molecule has 11 atom stereocenters. The number of nitrogens with one attached hydrogen (secondary N) is 1. The maximum atomic E-state index is 14.8. The topological polar surface area (TPSA) is 392 Å². The molecule has 27 nitrogen and oxygen atoms in total. The number of benzene rings is 1. The average Bonchev–Trinajstić information content (AvgIpc) is 4.08. The molecule has 378 valence electrons. The number of aliphatic hydroxyl groups excluding tert-OH is 1. The van der Waals surface area contributed by atoms with Crippen LogP contribution in [0.25, 0.3) is 11.2 Å². The van der Waals surface area contributed by atoms with E-state index in [1.54, 1.807) is 24.3 Å². The average molecular weight is 1050 g/mol. The molecule has 31 heteroatoms. The third-order valence-electron chi connectivity index (χ3n) is 10.5. The minimum atomic E-state index is -5.28. The maximum Gasteiger partial charge on any atom is 0.469 e. The quantitative estimate of drug-likeness (QED) is 0.0286. The molecule has 0 spiro atoms. The largest absolute Gasteiger partial charge is 0.469 e. The number of hydrogen-bond acceptors (Lipinski definition) is 23. The van der Waals surface area contributed by atoms with Crippen LogP contribution in [0, 0.1) is 0 Å². The predicted molar refractivity (Wildman–Crippen MR) is 246 cm³/mol. The summed E-state index contributed by atoms with van der Waals surface area (Å²) in [6.07, 6.45) is -9.05. The van der Waals surface area contributed by atoms with E-state index in [1.807, 2.05) is 20.8 Å². The van der Waals surface area contributed by atoms with Crippen LogP contribution in [0.1, 0.15) is 51.6 Å². The molecule has 4 aromatic rings. The van der Waals surface area contributed by atoms with Gasteiger partial charge in [0.2, 0.25) is 0 Å². The molecule has 7 rings (SSSR count). The van der Waals surface area contributed by atoms with Gasteiger partial charge < -0.3 is 75.2 Å². The van der Waals surface area contributed by atoms with Crippen LogP contribution in [0.2, 0.25) is 0 Å². The van der Waals surface area contributed by atoms with Gasteiger partial charge >= 0.3 is 33.2 Å². The van der Waals surface area contributed by atoms with Crippen LogP contribution >= 0.6 is 37.0 Å². The van der Waals surface area contributed by atoms with Crippen molar-refractivity contribution in [3.63, 3.8) is 0 Å². The highest BCUT2D eigenvalue weighted by Gasteiger charge is 2.58. The summed E-state index contributed by atoms with van der Waals surface area (Å²) in [5.74, 6) is -1.29. The Morgan fingerprint density at radius 1 is 0.971 bits per heavy atom. The van der Waals surface area contributed by atoms with Crippen molar-refractivity contribution < 1.29 is 76.0 Å². The van der Waals surface area contributed by atoms with E-state index >= 15 is 0 Å². The molecule has 11 N–H and O–H groups in total. The summed E-state index contributed by atoms with van der Waals surface area (Å²) in [5.41, 5.74) is 16.0. The molecule has 69 heavy (non-hydrogen) atoms. The second-order valence-corrected chi connectivity index (χ2v) is 23.2. The standard InChI is InChI=1S/C38H52N10O17P2S2/c1-38(2,3)69-68-16-21(45-37(52)59-13-19-6-8-20(39)9-7-19)35(50)65-28-22(62-33(27(28)49)48-18-44-26-31(41)42-17-43-32(26)48)14-60-66(53,54)30-23(15-61-67(55,56)57)63-34(29(30)64-25-5-4-12-58-25)47-11-10-24(40)46-36(47)51/h6-11,17-18,21-23,25,27-30,33-34,49H,4-5,12-16,39H2,1-3H3,(H,45,52)(H,53,54)(H2,40,46,51)(H2,41,42,43)(H2,55,56,57)/t21-,22-,23?,25?,27-,28-,29-,30-,33-,34-/m1/s1. The second-order valence-electron chi connectivity index (χ2n) is 16.8. The van der Waals surface area contributed by atoms with E-state index < -0.39 is 107 Å². The highest BCUT2D eigenvalue weighted by atomic mass is 33.1. The number of esters is 1. The van der Waals surface area contributed by atoms with E-state index in [2.05, 4.69) is 25.3 Å². The summed E-state index contributed by atoms with van der Waals surface area (Å²) in [4.78, 5) is 87.8. The number of ether oxygens (including phenoxy) is 6. The van der Waals surface area contributed by atoms with E-state index in [9.17, 15) is 43.3 Å². The fraction of sp³-hybridized carbons (Fsp3) is 0.553. The number of carbonyl (C=O) groups excluding carboxylic acids is 2. The van der Waals surface area contributed by atoms with Gasteiger partial charge in [0.25, 0.3) is 0 Å². The van der Waals surface area contributed by atoms with Crippen molar-refractivity contribution in [3.8, 4) is 0 Å². The number of phosphoric ester groups is 1. The number of amides is 1. The molecule has 0 aliphatic carbocycles. The summed E-state index contributed by atoms with van der Waals surface area (Å²) in [5, 5.41) is 14.5. The first-order valence-electron chi connectivity index (χ1n) is 21.1. The van der Waals surface area contributed by atoms with Crippen LogP contribution in [0.5, 0.6) is 0 Å². The number of imidazole rings is 1. The zero-order valence-corrected chi connectivity index (χ0v) is 40.5. The lowest BCUT2D eigenvalue weighted by Crippen LogP contribution is -2.48. The number of rotatable bonds is 19. The van der Waals surface area contributed by atoms with E-state index in [0.717, 1.165) is 10.9 Å². The molecule has 0 saturated carbocycles. The zero-order chi connectivity index (χ0) is 49.8. The van der Waals surface area contributed by atoms with Crippen LogP contribution in [0.4, 0.5) is 22.1 Å². The molecule has 3 unspecified atom stereocenters. The Labute approximate surface area is 400 Å². The van der Waals surface area contributed by atoms with E-state index in [0.29, 0.717) is 24.1 Å². The molecular weight excluding hydrogens is 995 g/mol. The molecule has 1 aromatic carbocycles. The first-order valence-corrected chi connectivity index (χ1v) is 26.6. The Morgan fingerprint density at radius 2 is 1.70 bits per heavy atom. The van der Waals surface area contributed by atoms with Crippen molar-refractivity contribution in [3.05, 3.63) is 65.2 Å². The molecule has 6 heterocycles. The van der Waals surface area contributed by atoms with E-state index in [1.165, 1.54) is 44.7 Å². The van der Waals surface area contributed by atoms with Gasteiger partial charge in [-0.3, -0.25) is 18.2 Å². The van der Waals surface area contributed by atoms with Crippen molar-refractivity contribution in [1.82, 2.24) is 34.4 Å². The van der Waals surface area contributed by atoms with Crippen molar-refractivity contribution in [2.75, 3.05) is 42.8 Å². The highest BCUT2D eigenvalue weighted by Crippen LogP contribution is 2.58. The van der Waals surface area contributed by atoms with Gasteiger partial charge in [0.05, 0.1) is 19.5 Å². The Balaban J connectivity index is 1.18. The van der Waals surface area contributed by atoms with E-state index in [-0.39, 0.29) is 46.5 Å². The lowest BCUT2D eigenvalue weighted by Gasteiger charge is -2.30. The number of aromatic nitrogens is 6. The van der Waals surface area contributed by atoms with Crippen LogP contribution in [-0.4, -0.2) is 140 Å². The number of fused-ring (bicyclic) bond motifs is 1. The zero-order valence-electron chi connectivity index (χ0n) is 37.1. The number of aliphatic hydroxyl groups is 1. The van der Waals surface area contributed by atoms with Crippen LogP contribution < -0.4 is 28.2 Å². The minimum Gasteiger partial charge on any atom is -0.455 e. The van der Waals surface area contributed by atoms with Crippen LogP contribution in [0.15, 0.2) is 54.0 Å². The molecule has 0 bridgehead atoms. The van der Waals surface area contributed by atoms with Crippen molar-refractivity contribution in [2.24, 2.45) is 0 Å². The molecule has 3 fully saturated rings. The summed E-state index contributed by atoms with van der Waals surface area (Å²) >= 11 is 0. The number of nitrogen functional groups attached to an aromatic ring is 3. The fourth-order valence-electron chi connectivity index (χ4n) is 7.41. The van der Waals surface area contributed by atoms with Gasteiger partial charge in [0, 0.05) is 35.4 Å². The molecule has 3 aromatic heterocycles. The van der Waals surface area contributed by atoms with Gasteiger partial charge in [-0.1, -0.05) is 54.5 Å². The third kappa shape index (κ3) is 13.3. The van der Waals surface area contributed by atoms with E-state index in [4.69, 9.17) is 54.7 Å². The molecule has 1 amide bonds. The second kappa shape index (κ2) is 21.9. The third-order valence-corrected chi connectivity index (χ3v) is 16.3. The van der Waals surface area contributed by atoms with Crippen LogP contribution in [0.3, 0.4) is 0 Å². The summed E-state index contributed by atoms with van der Waals surface area (Å²) < 4.78 is 74.4. The predicted octanol–water partition coefficient (Wildman–Crippen LogP) is 1.57. The van der Waals surface area contributed by atoms with Crippen molar-refractivity contribution in [2.45, 2.75) is 106 Å². The Hall–Kier alpha value is -4.45. The maximum absolute atomic E-state index is 14.8. The minimum absolute atomic E-state index is 0.00990. The van der Waals surface area contributed by atoms with Gasteiger partial charge in [0.1, 0.15) is 60.4 Å². The van der Waals surface area contributed by atoms with Crippen LogP contribution in [-0.2, 0) is 58.0 Å². The SMILES string of the molecule is CC(C)(C)SSC[C@@H](NC(=O)OCc1ccc(N)cc1)C(=O)O[C@H]1[C@@H](O)[C@H](n2cnc3c(N)ncnc32)O[C@@H]1COP(=O)(O)[C@@H]1C(COP(=O)(O)O)O[C@@H](n2ccc(N)nc2=O)[C@@H]1OC1CCCO1. The number of nitrogens with zero attached hydrogens (tertiary/aromatic N) is 6. The molecule has 0 radical (unpaired) electrons. The molecule has 3 aliphatic rings. The van der Waals surface area contributed by atoms with Gasteiger partial charge in [-0.15, -0.1) is 0 Å². The number of phosphoric acid groups is 1. The number of carbonyl (C=O) groups is 2. The van der Waals surface area contributed by atoms with Gasteiger partial charge in [-0.25, -0.2) is 33.9 Å². The molecular formula is C38H52N10O17P2S2. The Morgan fingerprint density at radius 3 is 2.38 bits per heavy atom. The van der Waals surface area contributed by atoms with Gasteiger partial charge in [-0.2, -0.15) is 4.98 Å². The van der Waals surface area contributed by atoms with Gasteiger partial charge in [0.15, 0.2) is 36.3 Å². The first kappa shape index (κ1) is 52.4. The number of hydrogen-bond donors (Lipinski definition) is 8. The summed E-state index contributed by atoms with van der Waals surface area (Å²) in [6, 6.07) is 6.41. The van der Waals surface area contributed by atoms with Crippen molar-refractivity contribution in [1.29, 1.82) is 0 Å². The smallest absolute Gasteiger partial charge is 0.455 e.